The zero-order valence-electron chi connectivity index (χ0n) is 10.0. The standard InChI is InChI=1S/C13H8BrClN2O2S/c14-9-6-8(15)3-4-10(9)18-7-12-16-13(17-19-12)11-2-1-5-20-11/h1-6H,7H2. The molecule has 0 bridgehead atoms. The number of rotatable bonds is 4. The molecule has 4 nitrogen and oxygen atoms in total. The van der Waals surface area contributed by atoms with E-state index in [1.807, 2.05) is 17.5 Å². The molecular formula is C13H8BrClN2O2S. The van der Waals surface area contributed by atoms with Gasteiger partial charge in [0.15, 0.2) is 6.61 Å². The fourth-order valence-electron chi connectivity index (χ4n) is 1.55. The van der Waals surface area contributed by atoms with Gasteiger partial charge in [0.1, 0.15) is 5.75 Å². The van der Waals surface area contributed by atoms with Crippen molar-refractivity contribution >= 4 is 38.9 Å². The molecule has 0 fully saturated rings. The van der Waals surface area contributed by atoms with Crippen molar-refractivity contribution in [3.63, 3.8) is 0 Å². The Morgan fingerprint density at radius 2 is 2.25 bits per heavy atom. The van der Waals surface area contributed by atoms with Crippen LogP contribution in [-0.2, 0) is 6.61 Å². The molecule has 102 valence electrons. The first-order chi connectivity index (χ1) is 9.72. The maximum Gasteiger partial charge on any atom is 0.264 e. The van der Waals surface area contributed by atoms with Gasteiger partial charge in [-0.1, -0.05) is 22.8 Å². The molecular weight excluding hydrogens is 364 g/mol. The van der Waals surface area contributed by atoms with Crippen molar-refractivity contribution in [2.45, 2.75) is 6.61 Å². The minimum Gasteiger partial charge on any atom is -0.483 e. The number of ether oxygens (including phenoxy) is 1. The Bertz CT molecular complexity index is 715. The predicted molar refractivity (Wildman–Crippen MR) is 81.1 cm³/mol. The Morgan fingerprint density at radius 3 is 3.00 bits per heavy atom. The molecule has 2 aromatic heterocycles. The van der Waals surface area contributed by atoms with Gasteiger partial charge in [-0.25, -0.2) is 0 Å². The molecule has 0 amide bonds. The zero-order chi connectivity index (χ0) is 13.9. The van der Waals surface area contributed by atoms with E-state index in [0.29, 0.717) is 22.5 Å². The number of thiophene rings is 1. The number of hydrogen-bond donors (Lipinski definition) is 0. The number of benzene rings is 1. The Balaban J connectivity index is 1.70. The topological polar surface area (TPSA) is 48.2 Å². The van der Waals surface area contributed by atoms with E-state index in [9.17, 15) is 0 Å². The van der Waals surface area contributed by atoms with Crippen LogP contribution in [0.1, 0.15) is 5.89 Å². The van der Waals surface area contributed by atoms with Crippen LogP contribution in [-0.4, -0.2) is 10.1 Å². The molecule has 3 rings (SSSR count). The first kappa shape index (κ1) is 13.6. The van der Waals surface area contributed by atoms with Crippen molar-refractivity contribution in [2.24, 2.45) is 0 Å². The summed E-state index contributed by atoms with van der Waals surface area (Å²) < 4.78 is 11.5. The van der Waals surface area contributed by atoms with Crippen LogP contribution in [0.2, 0.25) is 5.02 Å². The molecule has 0 aliphatic rings. The summed E-state index contributed by atoms with van der Waals surface area (Å²) in [5, 5.41) is 6.52. The Kier molecular flexibility index (Phi) is 4.05. The highest BCUT2D eigenvalue weighted by Crippen LogP contribution is 2.28. The van der Waals surface area contributed by atoms with Crippen LogP contribution < -0.4 is 4.74 Å². The first-order valence-electron chi connectivity index (χ1n) is 5.67. The summed E-state index contributed by atoms with van der Waals surface area (Å²) in [6.07, 6.45) is 0. The molecule has 0 N–H and O–H groups in total. The average Bonchev–Trinajstić information content (AvgIpc) is 3.08. The predicted octanol–water partition coefficient (Wildman–Crippen LogP) is 4.79. The van der Waals surface area contributed by atoms with E-state index < -0.39 is 0 Å². The van der Waals surface area contributed by atoms with Gasteiger partial charge in [0, 0.05) is 5.02 Å². The van der Waals surface area contributed by atoms with Crippen LogP contribution in [0.5, 0.6) is 5.75 Å². The molecule has 0 aliphatic carbocycles. The highest BCUT2D eigenvalue weighted by molar-refractivity contribution is 9.10. The Labute approximate surface area is 132 Å². The van der Waals surface area contributed by atoms with E-state index in [2.05, 4.69) is 26.1 Å². The van der Waals surface area contributed by atoms with Crippen LogP contribution in [0.15, 0.2) is 44.7 Å². The van der Waals surface area contributed by atoms with Crippen molar-refractivity contribution in [1.29, 1.82) is 0 Å². The number of aromatic nitrogens is 2. The second-order valence-corrected chi connectivity index (χ2v) is 6.09. The third-order valence-corrected chi connectivity index (χ3v) is 4.18. The van der Waals surface area contributed by atoms with Gasteiger partial charge in [0.25, 0.3) is 5.89 Å². The number of hydrogen-bond acceptors (Lipinski definition) is 5. The molecule has 0 saturated heterocycles. The normalized spacial score (nSPS) is 10.7. The van der Waals surface area contributed by atoms with Gasteiger partial charge < -0.3 is 9.26 Å². The summed E-state index contributed by atoms with van der Waals surface area (Å²) in [5.41, 5.74) is 0. The van der Waals surface area contributed by atoms with Crippen LogP contribution in [0.3, 0.4) is 0 Å². The third-order valence-electron chi connectivity index (χ3n) is 2.45. The molecule has 0 aliphatic heterocycles. The summed E-state index contributed by atoms with van der Waals surface area (Å²) >= 11 is 10.8. The summed E-state index contributed by atoms with van der Waals surface area (Å²) in [7, 11) is 0. The van der Waals surface area contributed by atoms with E-state index in [1.54, 1.807) is 29.5 Å². The van der Waals surface area contributed by atoms with E-state index in [-0.39, 0.29) is 6.61 Å². The van der Waals surface area contributed by atoms with Crippen molar-refractivity contribution < 1.29 is 9.26 Å². The lowest BCUT2D eigenvalue weighted by atomic mass is 10.3. The molecule has 2 heterocycles. The highest BCUT2D eigenvalue weighted by atomic mass is 79.9. The van der Waals surface area contributed by atoms with E-state index in [4.69, 9.17) is 20.9 Å². The molecule has 0 atom stereocenters. The fourth-order valence-corrected chi connectivity index (χ4v) is 3.00. The average molecular weight is 372 g/mol. The lowest BCUT2D eigenvalue weighted by molar-refractivity contribution is 0.242. The molecule has 0 radical (unpaired) electrons. The first-order valence-corrected chi connectivity index (χ1v) is 7.72. The largest absolute Gasteiger partial charge is 0.483 e. The second kappa shape index (κ2) is 5.95. The monoisotopic (exact) mass is 370 g/mol. The van der Waals surface area contributed by atoms with Crippen LogP contribution in [0, 0.1) is 0 Å². The van der Waals surface area contributed by atoms with Crippen molar-refractivity contribution in [2.75, 3.05) is 0 Å². The smallest absolute Gasteiger partial charge is 0.264 e. The minimum atomic E-state index is 0.207. The lowest BCUT2D eigenvalue weighted by Gasteiger charge is -2.05. The van der Waals surface area contributed by atoms with Gasteiger partial charge in [-0.3, -0.25) is 0 Å². The summed E-state index contributed by atoms with van der Waals surface area (Å²) in [6, 6.07) is 9.19. The van der Waals surface area contributed by atoms with Crippen LogP contribution >= 0.6 is 38.9 Å². The molecule has 0 unspecified atom stereocenters. The summed E-state index contributed by atoms with van der Waals surface area (Å²) in [4.78, 5) is 5.25. The van der Waals surface area contributed by atoms with E-state index in [0.717, 1.165) is 9.35 Å². The fraction of sp³-hybridized carbons (Fsp3) is 0.0769. The van der Waals surface area contributed by atoms with Crippen molar-refractivity contribution in [3.8, 4) is 16.5 Å². The lowest BCUT2D eigenvalue weighted by Crippen LogP contribution is -1.96. The second-order valence-electron chi connectivity index (χ2n) is 3.85. The number of halogens is 2. The molecule has 0 spiro atoms. The van der Waals surface area contributed by atoms with Crippen molar-refractivity contribution in [3.05, 3.63) is 51.1 Å². The summed E-state index contributed by atoms with van der Waals surface area (Å²) in [6.45, 7) is 0.207. The number of nitrogens with zero attached hydrogens (tertiary/aromatic N) is 2. The maximum absolute atomic E-state index is 5.87. The molecule has 1 aromatic carbocycles. The van der Waals surface area contributed by atoms with Gasteiger partial charge in [0.05, 0.1) is 9.35 Å². The molecule has 3 aromatic rings. The quantitative estimate of drug-likeness (QED) is 0.661. The molecule has 0 saturated carbocycles. The van der Waals surface area contributed by atoms with Gasteiger partial charge in [-0.05, 0) is 45.6 Å². The third kappa shape index (κ3) is 3.03. The Hall–Kier alpha value is -1.37. The Morgan fingerprint density at radius 1 is 1.35 bits per heavy atom. The van der Waals surface area contributed by atoms with Crippen LogP contribution in [0.4, 0.5) is 0 Å². The van der Waals surface area contributed by atoms with Gasteiger partial charge in [-0.15, -0.1) is 11.3 Å². The summed E-state index contributed by atoms with van der Waals surface area (Å²) in [5.74, 6) is 1.68. The maximum atomic E-state index is 5.87. The zero-order valence-corrected chi connectivity index (χ0v) is 13.2. The van der Waals surface area contributed by atoms with E-state index >= 15 is 0 Å². The van der Waals surface area contributed by atoms with E-state index in [1.165, 1.54) is 0 Å². The SMILES string of the molecule is Clc1ccc(OCc2nc(-c3cccs3)no2)c(Br)c1. The molecule has 20 heavy (non-hydrogen) atoms. The molecule has 7 heteroatoms. The van der Waals surface area contributed by atoms with Crippen molar-refractivity contribution in [1.82, 2.24) is 10.1 Å². The van der Waals surface area contributed by atoms with Crippen LogP contribution in [0.25, 0.3) is 10.7 Å². The van der Waals surface area contributed by atoms with Gasteiger partial charge in [-0.2, -0.15) is 4.98 Å². The minimum absolute atomic E-state index is 0.207. The highest BCUT2D eigenvalue weighted by Gasteiger charge is 2.10. The van der Waals surface area contributed by atoms with Gasteiger partial charge >= 0.3 is 0 Å². The van der Waals surface area contributed by atoms with Gasteiger partial charge in [0.2, 0.25) is 5.82 Å².